The molecule has 1 aromatic rings. The first-order valence-electron chi connectivity index (χ1n) is 5.65. The smallest absolute Gasteiger partial charge is 0.436 e. The highest BCUT2D eigenvalue weighted by molar-refractivity contribution is 6.31. The molecule has 0 aliphatic rings. The van der Waals surface area contributed by atoms with Crippen LogP contribution < -0.4 is 0 Å². The van der Waals surface area contributed by atoms with Crippen LogP contribution in [-0.4, -0.2) is 22.4 Å². The Labute approximate surface area is 113 Å². The van der Waals surface area contributed by atoms with Gasteiger partial charge >= 0.3 is 12.1 Å². The van der Waals surface area contributed by atoms with E-state index in [4.69, 9.17) is 16.3 Å². The van der Waals surface area contributed by atoms with Gasteiger partial charge in [-0.05, 0) is 13.8 Å². The molecular formula is C11H14ClF3N2O2. The molecule has 0 saturated heterocycles. The largest absolute Gasteiger partial charge is 0.466 e. The van der Waals surface area contributed by atoms with Crippen LogP contribution in [0, 0.1) is 12.8 Å². The van der Waals surface area contributed by atoms with E-state index in [0.717, 1.165) is 4.68 Å². The Bertz CT molecular complexity index is 471. The quantitative estimate of drug-likeness (QED) is 0.803. The zero-order valence-electron chi connectivity index (χ0n) is 10.7. The van der Waals surface area contributed by atoms with Gasteiger partial charge < -0.3 is 4.74 Å². The fourth-order valence-corrected chi connectivity index (χ4v) is 1.74. The monoisotopic (exact) mass is 298 g/mol. The molecule has 0 aliphatic carbocycles. The Hall–Kier alpha value is -1.24. The summed E-state index contributed by atoms with van der Waals surface area (Å²) < 4.78 is 43.7. The van der Waals surface area contributed by atoms with Gasteiger partial charge in [0.2, 0.25) is 0 Å². The van der Waals surface area contributed by atoms with Gasteiger partial charge in [-0.3, -0.25) is 9.48 Å². The molecule has 0 radical (unpaired) electrons. The molecule has 1 rings (SSSR count). The lowest BCUT2D eigenvalue weighted by Crippen LogP contribution is -2.21. The van der Waals surface area contributed by atoms with Gasteiger partial charge in [-0.1, -0.05) is 18.5 Å². The lowest BCUT2D eigenvalue weighted by atomic mass is 10.2. The first-order valence-corrected chi connectivity index (χ1v) is 6.03. The van der Waals surface area contributed by atoms with Gasteiger partial charge in [-0.25, -0.2) is 0 Å². The van der Waals surface area contributed by atoms with E-state index < -0.39 is 28.8 Å². The summed E-state index contributed by atoms with van der Waals surface area (Å²) in [6.07, 6.45) is -4.61. The zero-order valence-corrected chi connectivity index (χ0v) is 11.5. The van der Waals surface area contributed by atoms with E-state index in [0.29, 0.717) is 0 Å². The maximum absolute atomic E-state index is 12.6. The number of alkyl halides is 3. The molecule has 0 bridgehead atoms. The maximum Gasteiger partial charge on any atom is 0.436 e. The molecule has 0 aromatic carbocycles. The van der Waals surface area contributed by atoms with Crippen LogP contribution in [0.3, 0.4) is 0 Å². The fourth-order valence-electron chi connectivity index (χ4n) is 1.50. The molecule has 4 nitrogen and oxygen atoms in total. The highest BCUT2D eigenvalue weighted by Gasteiger charge is 2.38. The van der Waals surface area contributed by atoms with Crippen molar-refractivity contribution in [3.05, 3.63) is 16.4 Å². The lowest BCUT2D eigenvalue weighted by Gasteiger charge is -2.11. The third-order valence-corrected chi connectivity index (χ3v) is 2.99. The highest BCUT2D eigenvalue weighted by atomic mass is 35.5. The van der Waals surface area contributed by atoms with Gasteiger partial charge in [-0.2, -0.15) is 18.3 Å². The molecule has 1 aromatic heterocycles. The van der Waals surface area contributed by atoms with Gasteiger partial charge in [0.05, 0.1) is 29.8 Å². The predicted octanol–water partition coefficient (Wildman–Crippen LogP) is 3.06. The Kier molecular flexibility index (Phi) is 4.84. The Morgan fingerprint density at radius 3 is 2.53 bits per heavy atom. The molecular weight excluding hydrogens is 285 g/mol. The first-order chi connectivity index (χ1) is 8.68. The van der Waals surface area contributed by atoms with Crippen molar-refractivity contribution in [2.24, 2.45) is 5.92 Å². The number of nitrogens with zero attached hydrogens (tertiary/aromatic N) is 2. The molecule has 1 atom stereocenters. The SMILES string of the molecule is CCOC(=O)C(C)Cn1nc(C(F)(F)F)c(Cl)c1C. The minimum Gasteiger partial charge on any atom is -0.466 e. The fraction of sp³-hybridized carbons (Fsp3) is 0.636. The topological polar surface area (TPSA) is 44.1 Å². The molecule has 0 spiro atoms. The minimum absolute atomic E-state index is 0.0134. The van der Waals surface area contributed by atoms with Gasteiger partial charge in [0, 0.05) is 0 Å². The number of carbonyl (C=O) groups excluding carboxylic acids is 1. The van der Waals surface area contributed by atoms with Gasteiger partial charge in [0.1, 0.15) is 0 Å². The summed E-state index contributed by atoms with van der Waals surface area (Å²) in [7, 11) is 0. The molecule has 0 aliphatic heterocycles. The number of halogens is 4. The Morgan fingerprint density at radius 1 is 1.53 bits per heavy atom. The van der Waals surface area contributed by atoms with E-state index in [-0.39, 0.29) is 18.8 Å². The second kappa shape index (κ2) is 5.81. The molecule has 0 N–H and O–H groups in total. The second-order valence-corrected chi connectivity index (χ2v) is 4.46. The molecule has 0 amide bonds. The van der Waals surface area contributed by atoms with E-state index >= 15 is 0 Å². The lowest BCUT2D eigenvalue weighted by molar-refractivity contribution is -0.147. The standard InChI is InChI=1S/C11H14ClF3N2O2/c1-4-19-10(18)6(2)5-17-7(3)8(12)9(16-17)11(13,14)15/h6H,4-5H2,1-3H3. The third-order valence-electron chi connectivity index (χ3n) is 2.54. The number of hydrogen-bond donors (Lipinski definition) is 0. The van der Waals surface area contributed by atoms with Crippen molar-refractivity contribution in [3.63, 3.8) is 0 Å². The average molecular weight is 299 g/mol. The maximum atomic E-state index is 12.6. The summed E-state index contributed by atoms with van der Waals surface area (Å²) in [5.41, 5.74) is -0.965. The van der Waals surface area contributed by atoms with Crippen molar-refractivity contribution < 1.29 is 22.7 Å². The van der Waals surface area contributed by atoms with Crippen LogP contribution in [0.1, 0.15) is 25.2 Å². The molecule has 1 heterocycles. The van der Waals surface area contributed by atoms with Crippen LogP contribution in [0.15, 0.2) is 0 Å². The molecule has 108 valence electrons. The summed E-state index contributed by atoms with van der Waals surface area (Å²) in [6, 6.07) is 0. The number of carbonyl (C=O) groups is 1. The van der Waals surface area contributed by atoms with Crippen molar-refractivity contribution in [1.29, 1.82) is 0 Å². The number of hydrogen-bond acceptors (Lipinski definition) is 3. The zero-order chi connectivity index (χ0) is 14.8. The predicted molar refractivity (Wildman–Crippen MR) is 62.8 cm³/mol. The van der Waals surface area contributed by atoms with Crippen LogP contribution in [0.25, 0.3) is 0 Å². The third kappa shape index (κ3) is 3.62. The summed E-state index contributed by atoms with van der Waals surface area (Å²) in [6.45, 7) is 4.83. The highest BCUT2D eigenvalue weighted by Crippen LogP contribution is 2.35. The molecule has 0 saturated carbocycles. The van der Waals surface area contributed by atoms with Gasteiger partial charge in [-0.15, -0.1) is 0 Å². The van der Waals surface area contributed by atoms with Crippen molar-refractivity contribution >= 4 is 17.6 Å². The van der Waals surface area contributed by atoms with Crippen LogP contribution in [0.4, 0.5) is 13.2 Å². The van der Waals surface area contributed by atoms with Crippen LogP contribution in [0.5, 0.6) is 0 Å². The van der Waals surface area contributed by atoms with Gasteiger partial charge in [0.15, 0.2) is 5.69 Å². The molecule has 8 heteroatoms. The minimum atomic E-state index is -4.61. The Balaban J connectivity index is 2.94. The van der Waals surface area contributed by atoms with E-state index in [9.17, 15) is 18.0 Å². The summed E-state index contributed by atoms with van der Waals surface area (Å²) in [5.74, 6) is -1.09. The normalized spacial score (nSPS) is 13.4. The van der Waals surface area contributed by atoms with E-state index in [1.165, 1.54) is 6.92 Å². The van der Waals surface area contributed by atoms with Crippen molar-refractivity contribution in [2.45, 2.75) is 33.5 Å². The Morgan fingerprint density at radius 2 is 2.11 bits per heavy atom. The number of aromatic nitrogens is 2. The van der Waals surface area contributed by atoms with Crippen LogP contribution >= 0.6 is 11.6 Å². The van der Waals surface area contributed by atoms with E-state index in [1.54, 1.807) is 13.8 Å². The average Bonchev–Trinajstić information content (AvgIpc) is 2.57. The molecule has 1 unspecified atom stereocenters. The van der Waals surface area contributed by atoms with E-state index in [2.05, 4.69) is 5.10 Å². The van der Waals surface area contributed by atoms with E-state index in [1.807, 2.05) is 0 Å². The molecule has 19 heavy (non-hydrogen) atoms. The molecule has 0 fully saturated rings. The number of rotatable bonds is 4. The summed E-state index contributed by atoms with van der Waals surface area (Å²) in [5, 5.41) is 2.97. The number of esters is 1. The van der Waals surface area contributed by atoms with Crippen molar-refractivity contribution in [3.8, 4) is 0 Å². The first kappa shape index (κ1) is 15.8. The van der Waals surface area contributed by atoms with Crippen molar-refractivity contribution in [1.82, 2.24) is 9.78 Å². The summed E-state index contributed by atoms with van der Waals surface area (Å²) >= 11 is 5.60. The van der Waals surface area contributed by atoms with Crippen LogP contribution in [-0.2, 0) is 22.3 Å². The number of ether oxygens (including phenoxy) is 1. The van der Waals surface area contributed by atoms with Crippen molar-refractivity contribution in [2.75, 3.05) is 6.61 Å². The summed E-state index contributed by atoms with van der Waals surface area (Å²) in [4.78, 5) is 11.4. The second-order valence-electron chi connectivity index (χ2n) is 4.08. The van der Waals surface area contributed by atoms with Gasteiger partial charge in [0.25, 0.3) is 0 Å². The van der Waals surface area contributed by atoms with Crippen LogP contribution in [0.2, 0.25) is 5.02 Å².